The lowest BCUT2D eigenvalue weighted by atomic mass is 9.84. The van der Waals surface area contributed by atoms with Crippen LogP contribution in [0.25, 0.3) is 0 Å². The Morgan fingerprint density at radius 3 is 2.31 bits per heavy atom. The number of carbonyl (C=O) groups is 3. The predicted octanol–water partition coefficient (Wildman–Crippen LogP) is 0.887. The average molecular weight is 498 g/mol. The van der Waals surface area contributed by atoms with Crippen LogP contribution in [0.15, 0.2) is 36.4 Å². The number of quaternary nitrogens is 1. The van der Waals surface area contributed by atoms with Gasteiger partial charge in [0.05, 0.1) is 53.7 Å². The number of amides is 1. The van der Waals surface area contributed by atoms with Crippen molar-refractivity contribution in [2.75, 3.05) is 60.7 Å². The van der Waals surface area contributed by atoms with Crippen LogP contribution in [0.3, 0.4) is 0 Å². The molecule has 0 spiro atoms. The van der Waals surface area contributed by atoms with Crippen molar-refractivity contribution < 1.29 is 38.2 Å². The van der Waals surface area contributed by atoms with Gasteiger partial charge < -0.3 is 28.7 Å². The summed E-state index contributed by atoms with van der Waals surface area (Å²) in [4.78, 5) is 43.4. The van der Waals surface area contributed by atoms with E-state index >= 15 is 0 Å². The van der Waals surface area contributed by atoms with Crippen LogP contribution in [0, 0.1) is 12.8 Å². The lowest BCUT2D eigenvalue weighted by molar-refractivity contribution is -0.907. The number of nitrogens with zero attached hydrogens (tertiary/aromatic N) is 1. The molecule has 9 nitrogen and oxygen atoms in total. The number of hydrogen-bond donors (Lipinski definition) is 1. The zero-order valence-electron chi connectivity index (χ0n) is 21.2. The van der Waals surface area contributed by atoms with E-state index in [4.69, 9.17) is 18.9 Å². The quantitative estimate of drug-likeness (QED) is 0.312. The lowest BCUT2D eigenvalue weighted by Gasteiger charge is -2.31. The fourth-order valence-corrected chi connectivity index (χ4v) is 5.03. The van der Waals surface area contributed by atoms with Crippen LogP contribution in [0.5, 0.6) is 17.2 Å². The summed E-state index contributed by atoms with van der Waals surface area (Å²) in [7, 11) is 4.62. The first-order chi connectivity index (χ1) is 17.4. The maximum absolute atomic E-state index is 13.9. The molecule has 2 aliphatic rings. The molecule has 2 heterocycles. The predicted molar refractivity (Wildman–Crippen MR) is 131 cm³/mol. The molecule has 0 saturated carbocycles. The van der Waals surface area contributed by atoms with Crippen molar-refractivity contribution in [1.82, 2.24) is 4.90 Å². The van der Waals surface area contributed by atoms with E-state index in [9.17, 15) is 14.4 Å². The highest BCUT2D eigenvalue weighted by atomic mass is 16.5. The number of nitrogens with one attached hydrogen (secondary N) is 1. The SMILES string of the molecule is COc1ccc(C(=O)C2C(=O)C(=O)N(CC[NH+]3CCOCC3)C2c2ccc(OC)cc2OC)c(C)c1. The third kappa shape index (κ3) is 4.94. The van der Waals surface area contributed by atoms with E-state index in [0.29, 0.717) is 60.2 Å². The van der Waals surface area contributed by atoms with Gasteiger partial charge in [0.25, 0.3) is 5.91 Å². The highest BCUT2D eigenvalue weighted by Gasteiger charge is 2.52. The molecule has 2 aliphatic heterocycles. The number of rotatable bonds is 9. The molecule has 0 aromatic heterocycles. The van der Waals surface area contributed by atoms with Crippen molar-refractivity contribution >= 4 is 17.5 Å². The molecule has 2 saturated heterocycles. The van der Waals surface area contributed by atoms with Crippen LogP contribution in [-0.4, -0.2) is 83.1 Å². The molecule has 192 valence electrons. The summed E-state index contributed by atoms with van der Waals surface area (Å²) in [6.45, 7) is 5.77. The molecule has 2 atom stereocenters. The molecule has 1 N–H and O–H groups in total. The number of carbonyl (C=O) groups excluding carboxylic acids is 3. The third-order valence-electron chi connectivity index (χ3n) is 7.05. The molecule has 9 heteroatoms. The van der Waals surface area contributed by atoms with Gasteiger partial charge in [-0.25, -0.2) is 0 Å². The standard InChI is InChI=1S/C27H32N2O7/c1-17-15-18(33-2)5-7-20(17)25(30)23-24(21-8-6-19(34-3)16-22(21)35-4)29(27(32)26(23)31)10-9-28-11-13-36-14-12-28/h5-8,15-16,23-24H,9-14H2,1-4H3/p+1. The minimum atomic E-state index is -1.19. The number of Topliss-reactive ketones (excluding diaryl/α,β-unsaturated/α-hetero) is 2. The molecule has 2 fully saturated rings. The minimum absolute atomic E-state index is 0.338. The number of hydrogen-bond acceptors (Lipinski definition) is 7. The fraction of sp³-hybridized carbons (Fsp3) is 0.444. The Labute approximate surface area is 210 Å². The fourth-order valence-electron chi connectivity index (χ4n) is 5.03. The van der Waals surface area contributed by atoms with Crippen LogP contribution >= 0.6 is 0 Å². The smallest absolute Gasteiger partial charge is 0.291 e. The number of aryl methyl sites for hydroxylation is 1. The van der Waals surface area contributed by atoms with Gasteiger partial charge in [-0.1, -0.05) is 0 Å². The Balaban J connectivity index is 1.75. The molecule has 1 amide bonds. The molecular formula is C27H33N2O7+. The molecule has 0 radical (unpaired) electrons. The Morgan fingerprint density at radius 1 is 1.00 bits per heavy atom. The summed E-state index contributed by atoms with van der Waals surface area (Å²) in [5, 5.41) is 0. The number of morpholine rings is 1. The summed E-state index contributed by atoms with van der Waals surface area (Å²) in [5.74, 6) is -1.28. The summed E-state index contributed by atoms with van der Waals surface area (Å²) < 4.78 is 21.7. The van der Waals surface area contributed by atoms with Crippen LogP contribution < -0.4 is 19.1 Å². The zero-order valence-corrected chi connectivity index (χ0v) is 21.2. The van der Waals surface area contributed by atoms with E-state index in [1.165, 1.54) is 16.9 Å². The number of ether oxygens (including phenoxy) is 4. The molecule has 4 rings (SSSR count). The molecular weight excluding hydrogens is 464 g/mol. The zero-order chi connectivity index (χ0) is 25.8. The molecule has 2 aromatic rings. The molecule has 0 bridgehead atoms. The monoisotopic (exact) mass is 497 g/mol. The van der Waals surface area contributed by atoms with E-state index in [1.807, 2.05) is 0 Å². The average Bonchev–Trinajstić information content (AvgIpc) is 3.16. The van der Waals surface area contributed by atoms with Gasteiger partial charge in [-0.05, 0) is 42.8 Å². The van der Waals surface area contributed by atoms with Gasteiger partial charge >= 0.3 is 0 Å². The van der Waals surface area contributed by atoms with Crippen molar-refractivity contribution in [2.45, 2.75) is 13.0 Å². The van der Waals surface area contributed by atoms with Crippen molar-refractivity contribution in [3.63, 3.8) is 0 Å². The van der Waals surface area contributed by atoms with Crippen molar-refractivity contribution in [3.8, 4) is 17.2 Å². The summed E-state index contributed by atoms with van der Waals surface area (Å²) in [6, 6.07) is 9.51. The van der Waals surface area contributed by atoms with Crippen LogP contribution in [0.4, 0.5) is 0 Å². The van der Waals surface area contributed by atoms with Gasteiger partial charge in [0.1, 0.15) is 36.3 Å². The molecule has 2 aromatic carbocycles. The second-order valence-electron chi connectivity index (χ2n) is 9.05. The van der Waals surface area contributed by atoms with Crippen LogP contribution in [-0.2, 0) is 14.3 Å². The van der Waals surface area contributed by atoms with Gasteiger partial charge in [-0.15, -0.1) is 0 Å². The first-order valence-electron chi connectivity index (χ1n) is 12.1. The second kappa shape index (κ2) is 11.1. The van der Waals surface area contributed by atoms with Gasteiger partial charge in [0.15, 0.2) is 5.78 Å². The van der Waals surface area contributed by atoms with E-state index in [1.54, 1.807) is 57.5 Å². The molecule has 2 unspecified atom stereocenters. The summed E-state index contributed by atoms with van der Waals surface area (Å²) in [6.07, 6.45) is 0. The number of likely N-dealkylation sites (tertiary alicyclic amines) is 1. The number of ketones is 2. The maximum Gasteiger partial charge on any atom is 0.291 e. The first kappa shape index (κ1) is 25.7. The van der Waals surface area contributed by atoms with Crippen LogP contribution in [0.2, 0.25) is 0 Å². The van der Waals surface area contributed by atoms with E-state index in [-0.39, 0.29) is 0 Å². The van der Waals surface area contributed by atoms with Crippen LogP contribution in [0.1, 0.15) is 27.5 Å². The van der Waals surface area contributed by atoms with Gasteiger partial charge in [-0.3, -0.25) is 14.4 Å². The number of methoxy groups -OCH3 is 3. The van der Waals surface area contributed by atoms with E-state index < -0.39 is 29.4 Å². The summed E-state index contributed by atoms with van der Waals surface area (Å²) >= 11 is 0. The normalized spacial score (nSPS) is 20.5. The highest BCUT2D eigenvalue weighted by molar-refractivity contribution is 6.44. The van der Waals surface area contributed by atoms with Crippen molar-refractivity contribution in [3.05, 3.63) is 53.1 Å². The second-order valence-corrected chi connectivity index (χ2v) is 9.05. The topological polar surface area (TPSA) is 95.8 Å². The summed E-state index contributed by atoms with van der Waals surface area (Å²) in [5.41, 5.74) is 1.66. The molecule has 36 heavy (non-hydrogen) atoms. The van der Waals surface area contributed by atoms with Gasteiger partial charge in [0, 0.05) is 17.2 Å². The maximum atomic E-state index is 13.9. The minimum Gasteiger partial charge on any atom is -0.497 e. The Kier molecular flexibility index (Phi) is 7.91. The van der Waals surface area contributed by atoms with Crippen molar-refractivity contribution in [2.24, 2.45) is 5.92 Å². The molecule has 0 aliphatic carbocycles. The third-order valence-corrected chi connectivity index (χ3v) is 7.05. The first-order valence-corrected chi connectivity index (χ1v) is 12.1. The van der Waals surface area contributed by atoms with E-state index in [0.717, 1.165) is 13.1 Å². The Morgan fingerprint density at radius 2 is 1.67 bits per heavy atom. The van der Waals surface area contributed by atoms with Crippen molar-refractivity contribution in [1.29, 1.82) is 0 Å². The Bertz CT molecular complexity index is 1140. The van der Waals surface area contributed by atoms with Gasteiger partial charge in [-0.2, -0.15) is 0 Å². The number of benzene rings is 2. The van der Waals surface area contributed by atoms with E-state index in [2.05, 4.69) is 0 Å². The van der Waals surface area contributed by atoms with Gasteiger partial charge in [0.2, 0.25) is 5.78 Å². The lowest BCUT2D eigenvalue weighted by Crippen LogP contribution is -3.14. The highest BCUT2D eigenvalue weighted by Crippen LogP contribution is 2.43. The Hall–Kier alpha value is -3.43. The largest absolute Gasteiger partial charge is 0.497 e.